The van der Waals surface area contributed by atoms with Gasteiger partial charge in [-0.05, 0) is 70.4 Å². The van der Waals surface area contributed by atoms with E-state index in [2.05, 4.69) is 15.3 Å². The zero-order chi connectivity index (χ0) is 23.4. The number of carbonyl (C=O) groups excluding carboxylic acids is 1. The number of ether oxygens (including phenoxy) is 2. The minimum Gasteiger partial charge on any atom is -0.489 e. The van der Waals surface area contributed by atoms with Crippen molar-refractivity contribution in [2.75, 3.05) is 0 Å². The molecule has 2 aromatic heterocycles. The van der Waals surface area contributed by atoms with Crippen molar-refractivity contribution in [3.05, 3.63) is 23.5 Å². The number of aryl methyl sites for hydroxylation is 2. The molecule has 2 saturated carbocycles. The average molecular weight is 457 g/mol. The highest BCUT2D eigenvalue weighted by atomic mass is 16.5. The Morgan fingerprint density at radius 3 is 2.58 bits per heavy atom. The molecule has 2 aromatic rings. The molecule has 2 aliphatic carbocycles. The van der Waals surface area contributed by atoms with Gasteiger partial charge in [-0.3, -0.25) is 14.3 Å². The second kappa shape index (κ2) is 10.3. The Morgan fingerprint density at radius 1 is 1.09 bits per heavy atom. The summed E-state index contributed by atoms with van der Waals surface area (Å²) in [5, 5.41) is 17.6. The van der Waals surface area contributed by atoms with Crippen molar-refractivity contribution < 1.29 is 24.2 Å². The molecule has 0 spiro atoms. The highest BCUT2D eigenvalue weighted by Gasteiger charge is 2.29. The fourth-order valence-electron chi connectivity index (χ4n) is 4.78. The van der Waals surface area contributed by atoms with Crippen LogP contribution in [0.25, 0.3) is 11.4 Å². The van der Waals surface area contributed by atoms with Gasteiger partial charge in [-0.1, -0.05) is 11.6 Å². The van der Waals surface area contributed by atoms with E-state index < -0.39 is 5.97 Å². The van der Waals surface area contributed by atoms with E-state index in [1.54, 1.807) is 17.8 Å². The lowest BCUT2D eigenvalue weighted by molar-refractivity contribution is -0.149. The van der Waals surface area contributed by atoms with Crippen LogP contribution in [0.5, 0.6) is 5.75 Å². The summed E-state index contributed by atoms with van der Waals surface area (Å²) in [4.78, 5) is 28.5. The lowest BCUT2D eigenvalue weighted by atomic mass is 9.87. The molecule has 0 aliphatic heterocycles. The van der Waals surface area contributed by atoms with E-state index in [1.165, 1.54) is 6.42 Å². The van der Waals surface area contributed by atoms with Crippen molar-refractivity contribution in [3.63, 3.8) is 0 Å². The smallest absolute Gasteiger partial charge is 0.312 e. The summed E-state index contributed by atoms with van der Waals surface area (Å²) in [6.07, 6.45) is 8.12. The monoisotopic (exact) mass is 456 g/mol. The fourth-order valence-corrected chi connectivity index (χ4v) is 4.78. The van der Waals surface area contributed by atoms with Gasteiger partial charge in [0.2, 0.25) is 0 Å². The van der Waals surface area contributed by atoms with Gasteiger partial charge >= 0.3 is 11.9 Å². The van der Waals surface area contributed by atoms with Crippen LogP contribution < -0.4 is 4.74 Å². The Balaban J connectivity index is 1.44. The van der Waals surface area contributed by atoms with Gasteiger partial charge in [-0.25, -0.2) is 4.98 Å². The zero-order valence-corrected chi connectivity index (χ0v) is 19.3. The first kappa shape index (κ1) is 23.2. The van der Waals surface area contributed by atoms with Gasteiger partial charge in [-0.15, -0.1) is 5.10 Å². The van der Waals surface area contributed by atoms with Crippen LogP contribution >= 0.6 is 0 Å². The number of pyridine rings is 1. The fraction of sp³-hybridized carbons (Fsp3) is 0.625. The number of carbonyl (C=O) groups is 2. The molecule has 9 nitrogen and oxygen atoms in total. The lowest BCUT2D eigenvalue weighted by Gasteiger charge is -2.27. The highest BCUT2D eigenvalue weighted by molar-refractivity contribution is 5.75. The predicted octanol–water partition coefficient (Wildman–Crippen LogP) is 3.63. The van der Waals surface area contributed by atoms with E-state index in [4.69, 9.17) is 9.47 Å². The largest absolute Gasteiger partial charge is 0.489 e. The number of hydrogen-bond acceptors (Lipinski definition) is 7. The van der Waals surface area contributed by atoms with Crippen LogP contribution in [0, 0.1) is 12.8 Å². The minimum atomic E-state index is -0.759. The number of hydrogen-bond donors (Lipinski definition) is 1. The SMILES string of the molecule is Cc1nc(-c2nnn(C)c2CC(=O)OC2CCCCC2)ccc1O[C@H]1CCC[C@H](C(=O)O)C1. The first-order chi connectivity index (χ1) is 15.9. The third kappa shape index (κ3) is 5.69. The quantitative estimate of drug-likeness (QED) is 0.628. The number of rotatable bonds is 7. The molecule has 2 fully saturated rings. The topological polar surface area (TPSA) is 116 Å². The van der Waals surface area contributed by atoms with E-state index in [0.717, 1.165) is 38.5 Å². The minimum absolute atomic E-state index is 0.00759. The second-order valence-corrected chi connectivity index (χ2v) is 9.16. The van der Waals surface area contributed by atoms with Crippen LogP contribution in [0.15, 0.2) is 12.1 Å². The molecule has 0 radical (unpaired) electrons. The maximum atomic E-state index is 12.6. The van der Waals surface area contributed by atoms with Crippen LogP contribution in [0.2, 0.25) is 0 Å². The molecular formula is C24H32N4O5. The second-order valence-electron chi connectivity index (χ2n) is 9.16. The predicted molar refractivity (Wildman–Crippen MR) is 120 cm³/mol. The van der Waals surface area contributed by atoms with Crippen LogP contribution in [0.4, 0.5) is 0 Å². The van der Waals surface area contributed by atoms with Gasteiger partial charge in [0.05, 0.1) is 35.5 Å². The van der Waals surface area contributed by atoms with E-state index in [0.29, 0.717) is 41.4 Å². The summed E-state index contributed by atoms with van der Waals surface area (Å²) < 4.78 is 13.4. The molecule has 0 aromatic carbocycles. The number of esters is 1. The molecule has 33 heavy (non-hydrogen) atoms. The Bertz CT molecular complexity index is 999. The van der Waals surface area contributed by atoms with Crippen molar-refractivity contribution in [2.45, 2.75) is 83.3 Å². The third-order valence-corrected chi connectivity index (χ3v) is 6.65. The van der Waals surface area contributed by atoms with Crippen LogP contribution in [0.3, 0.4) is 0 Å². The van der Waals surface area contributed by atoms with Crippen molar-refractivity contribution in [1.82, 2.24) is 20.0 Å². The summed E-state index contributed by atoms with van der Waals surface area (Å²) >= 11 is 0. The molecule has 4 rings (SSSR count). The molecule has 2 atom stereocenters. The Hall–Kier alpha value is -2.97. The van der Waals surface area contributed by atoms with Gasteiger partial charge in [0.15, 0.2) is 0 Å². The molecule has 178 valence electrons. The van der Waals surface area contributed by atoms with Gasteiger partial charge < -0.3 is 14.6 Å². The summed E-state index contributed by atoms with van der Waals surface area (Å²) in [6.45, 7) is 1.85. The first-order valence-electron chi connectivity index (χ1n) is 11.9. The van der Waals surface area contributed by atoms with E-state index >= 15 is 0 Å². The summed E-state index contributed by atoms with van der Waals surface area (Å²) in [6, 6.07) is 3.64. The molecule has 0 amide bonds. The molecule has 9 heteroatoms. The number of aromatic nitrogens is 4. The van der Waals surface area contributed by atoms with Gasteiger partial charge in [0, 0.05) is 7.05 Å². The van der Waals surface area contributed by atoms with Crippen LogP contribution in [-0.4, -0.2) is 49.2 Å². The van der Waals surface area contributed by atoms with Crippen molar-refractivity contribution in [2.24, 2.45) is 13.0 Å². The third-order valence-electron chi connectivity index (χ3n) is 6.65. The molecule has 1 N–H and O–H groups in total. The number of nitrogens with zero attached hydrogens (tertiary/aromatic N) is 4. The van der Waals surface area contributed by atoms with E-state index in [9.17, 15) is 14.7 Å². The zero-order valence-electron chi connectivity index (χ0n) is 19.3. The van der Waals surface area contributed by atoms with Crippen molar-refractivity contribution in [1.29, 1.82) is 0 Å². The number of carboxylic acids is 1. The molecule has 2 aliphatic rings. The van der Waals surface area contributed by atoms with Crippen LogP contribution in [0.1, 0.15) is 69.2 Å². The summed E-state index contributed by atoms with van der Waals surface area (Å²) in [5.41, 5.74) is 2.51. The van der Waals surface area contributed by atoms with Gasteiger partial charge in [0.1, 0.15) is 17.5 Å². The number of carboxylic acid groups (broad SMARTS) is 1. The van der Waals surface area contributed by atoms with Gasteiger partial charge in [-0.2, -0.15) is 0 Å². The first-order valence-corrected chi connectivity index (χ1v) is 11.9. The van der Waals surface area contributed by atoms with Crippen molar-refractivity contribution in [3.8, 4) is 17.1 Å². The van der Waals surface area contributed by atoms with E-state index in [1.807, 2.05) is 13.0 Å². The lowest BCUT2D eigenvalue weighted by Crippen LogP contribution is -2.29. The Labute approximate surface area is 193 Å². The summed E-state index contributed by atoms with van der Waals surface area (Å²) in [5.74, 6) is -0.745. The Kier molecular flexibility index (Phi) is 7.25. The standard InChI is InChI=1S/C24H32N4O5/c1-15-21(32-18-10-6-7-16(13-18)24(30)31)12-11-19(25-15)23-20(28(2)27-26-23)14-22(29)33-17-8-4-3-5-9-17/h11-12,16-18H,3-10,13-14H2,1-2H3,(H,30,31)/t16-,18-/m0/s1. The van der Waals surface area contributed by atoms with Crippen molar-refractivity contribution >= 4 is 11.9 Å². The maximum Gasteiger partial charge on any atom is 0.312 e. The van der Waals surface area contributed by atoms with Crippen LogP contribution in [-0.2, 0) is 27.8 Å². The molecule has 0 unspecified atom stereocenters. The normalized spacial score (nSPS) is 21.5. The Morgan fingerprint density at radius 2 is 1.85 bits per heavy atom. The average Bonchev–Trinajstić information content (AvgIpc) is 3.16. The maximum absolute atomic E-state index is 12.6. The highest BCUT2D eigenvalue weighted by Crippen LogP contribution is 2.30. The molecular weight excluding hydrogens is 424 g/mol. The molecule has 0 saturated heterocycles. The van der Waals surface area contributed by atoms with Gasteiger partial charge in [0.25, 0.3) is 0 Å². The number of aliphatic carboxylic acids is 1. The summed E-state index contributed by atoms with van der Waals surface area (Å²) in [7, 11) is 1.76. The molecule has 2 heterocycles. The molecule has 0 bridgehead atoms. The van der Waals surface area contributed by atoms with E-state index in [-0.39, 0.29) is 30.5 Å².